The molecule has 0 aromatic heterocycles. The molecule has 0 spiro atoms. The fraction of sp³-hybridized carbons (Fsp3) is 0.440. The molecule has 2 fully saturated rings. The molecule has 1 aliphatic carbocycles. The Labute approximate surface area is 225 Å². The number of halogens is 3. The summed E-state index contributed by atoms with van der Waals surface area (Å²) in [6.07, 6.45) is 0.851. The standard InChI is InChI=1S/C25H28Cl2FN3O5S/c26-20-6-3-17(13-21(20)27)19-14-22(19)29-7-12-37(34,35)15-23(25(33)31-8-10-36-11-9-31)30-24(32)16-1-4-18(28)5-2-16/h1-6,13,19,22-23,29H,7-12,14-15H2,(H,30,32)/t19-,22?,23-/m0/s1. The normalized spacial score (nSPS) is 20.4. The Morgan fingerprint density at radius 2 is 1.78 bits per heavy atom. The van der Waals surface area contributed by atoms with E-state index in [-0.39, 0.29) is 29.8 Å². The number of nitrogens with one attached hydrogen (secondary N) is 2. The maximum absolute atomic E-state index is 13.2. The molecule has 0 radical (unpaired) electrons. The summed E-state index contributed by atoms with van der Waals surface area (Å²) in [6, 6.07) is 9.12. The molecule has 1 aliphatic heterocycles. The van der Waals surface area contributed by atoms with Gasteiger partial charge in [-0.1, -0.05) is 29.3 Å². The zero-order valence-corrected chi connectivity index (χ0v) is 22.3. The molecule has 12 heteroatoms. The van der Waals surface area contributed by atoms with Gasteiger partial charge in [-0.2, -0.15) is 0 Å². The van der Waals surface area contributed by atoms with Crippen molar-refractivity contribution in [1.29, 1.82) is 0 Å². The van der Waals surface area contributed by atoms with Crippen LogP contribution in [0, 0.1) is 5.82 Å². The lowest BCUT2D eigenvalue weighted by Gasteiger charge is -2.30. The van der Waals surface area contributed by atoms with Crippen molar-refractivity contribution in [2.24, 2.45) is 0 Å². The summed E-state index contributed by atoms with van der Waals surface area (Å²) < 4.78 is 44.4. The van der Waals surface area contributed by atoms with Crippen LogP contribution in [0.25, 0.3) is 0 Å². The number of sulfone groups is 1. The van der Waals surface area contributed by atoms with Gasteiger partial charge in [-0.15, -0.1) is 0 Å². The molecule has 8 nitrogen and oxygen atoms in total. The number of ether oxygens (including phenoxy) is 1. The van der Waals surface area contributed by atoms with Gasteiger partial charge in [0.25, 0.3) is 5.91 Å². The number of morpholine rings is 1. The second-order valence-corrected chi connectivity index (χ2v) is 12.2. The van der Waals surface area contributed by atoms with Crippen molar-refractivity contribution in [3.05, 3.63) is 69.5 Å². The molecule has 1 heterocycles. The van der Waals surface area contributed by atoms with Gasteiger partial charge in [0.2, 0.25) is 5.91 Å². The van der Waals surface area contributed by atoms with Gasteiger partial charge >= 0.3 is 0 Å². The number of benzene rings is 2. The Bertz CT molecular complexity index is 1240. The van der Waals surface area contributed by atoms with Crippen LogP contribution < -0.4 is 10.6 Å². The van der Waals surface area contributed by atoms with Crippen molar-refractivity contribution in [1.82, 2.24) is 15.5 Å². The third-order valence-electron chi connectivity index (χ3n) is 6.44. The van der Waals surface area contributed by atoms with E-state index in [1.165, 1.54) is 17.0 Å². The molecule has 1 saturated heterocycles. The molecule has 2 aromatic rings. The number of carbonyl (C=O) groups is 2. The van der Waals surface area contributed by atoms with E-state index in [1.54, 1.807) is 6.07 Å². The minimum Gasteiger partial charge on any atom is -0.378 e. The highest BCUT2D eigenvalue weighted by Gasteiger charge is 2.38. The molecular weight excluding hydrogens is 544 g/mol. The fourth-order valence-corrected chi connectivity index (χ4v) is 5.93. The van der Waals surface area contributed by atoms with Crippen LogP contribution in [0.1, 0.15) is 28.3 Å². The van der Waals surface area contributed by atoms with Crippen LogP contribution in [0.3, 0.4) is 0 Å². The summed E-state index contributed by atoms with van der Waals surface area (Å²) in [5.41, 5.74) is 1.16. The third kappa shape index (κ3) is 7.64. The predicted molar refractivity (Wildman–Crippen MR) is 139 cm³/mol. The molecule has 2 aromatic carbocycles. The van der Waals surface area contributed by atoms with Crippen LogP contribution in [0.2, 0.25) is 10.0 Å². The number of nitrogens with zero attached hydrogens (tertiary/aromatic N) is 1. The van der Waals surface area contributed by atoms with Crippen LogP contribution in [0.15, 0.2) is 42.5 Å². The first-order chi connectivity index (χ1) is 17.6. The average molecular weight is 572 g/mol. The van der Waals surface area contributed by atoms with E-state index in [0.717, 1.165) is 24.1 Å². The Morgan fingerprint density at radius 3 is 2.46 bits per heavy atom. The maximum Gasteiger partial charge on any atom is 0.251 e. The van der Waals surface area contributed by atoms with Gasteiger partial charge in [-0.3, -0.25) is 9.59 Å². The summed E-state index contributed by atoms with van der Waals surface area (Å²) in [5, 5.41) is 6.74. The van der Waals surface area contributed by atoms with E-state index >= 15 is 0 Å². The molecule has 1 unspecified atom stereocenters. The summed E-state index contributed by atoms with van der Waals surface area (Å²) in [7, 11) is -3.72. The number of hydrogen-bond acceptors (Lipinski definition) is 6. The van der Waals surface area contributed by atoms with Crippen LogP contribution in [-0.2, 0) is 19.4 Å². The molecular formula is C25H28Cl2FN3O5S. The van der Waals surface area contributed by atoms with Gasteiger partial charge < -0.3 is 20.3 Å². The Kier molecular flexibility index (Phi) is 9.07. The van der Waals surface area contributed by atoms with Crippen LogP contribution in [-0.4, -0.2) is 81.6 Å². The zero-order valence-electron chi connectivity index (χ0n) is 20.0. The summed E-state index contributed by atoms with van der Waals surface area (Å²) in [6.45, 7) is 1.49. The molecule has 2 aliphatic rings. The fourth-order valence-electron chi connectivity index (χ4n) is 4.29. The average Bonchev–Trinajstić information content (AvgIpc) is 3.65. The van der Waals surface area contributed by atoms with Crippen LogP contribution in [0.4, 0.5) is 4.39 Å². The minimum absolute atomic E-state index is 0.122. The second kappa shape index (κ2) is 12.1. The number of rotatable bonds is 10. The second-order valence-electron chi connectivity index (χ2n) is 9.16. The quantitative estimate of drug-likeness (QED) is 0.454. The van der Waals surface area contributed by atoms with E-state index in [2.05, 4.69) is 10.6 Å². The van der Waals surface area contributed by atoms with Gasteiger partial charge in [-0.05, 0) is 48.4 Å². The molecule has 4 rings (SSSR count). The van der Waals surface area contributed by atoms with Crippen LogP contribution >= 0.6 is 23.2 Å². The highest BCUT2D eigenvalue weighted by Crippen LogP contribution is 2.42. The molecule has 1 saturated carbocycles. The SMILES string of the molecule is O=C(N[C@@H](CS(=O)(=O)CCNC1C[C@H]1c1ccc(Cl)c(Cl)c1)C(=O)N1CCOCC1)c1ccc(F)cc1. The lowest BCUT2D eigenvalue weighted by molar-refractivity contribution is -0.136. The lowest BCUT2D eigenvalue weighted by Crippen LogP contribution is -2.54. The van der Waals surface area contributed by atoms with E-state index in [9.17, 15) is 22.4 Å². The monoisotopic (exact) mass is 571 g/mol. The summed E-state index contributed by atoms with van der Waals surface area (Å²) >= 11 is 12.1. The molecule has 200 valence electrons. The van der Waals surface area contributed by atoms with Crippen molar-refractivity contribution in [2.75, 3.05) is 44.4 Å². The lowest BCUT2D eigenvalue weighted by atomic mass is 10.1. The largest absolute Gasteiger partial charge is 0.378 e. The Morgan fingerprint density at radius 1 is 1.08 bits per heavy atom. The van der Waals surface area contributed by atoms with Gasteiger partial charge in [0, 0.05) is 37.2 Å². The summed E-state index contributed by atoms with van der Waals surface area (Å²) in [4.78, 5) is 27.3. The van der Waals surface area contributed by atoms with E-state index in [1.807, 2.05) is 12.1 Å². The van der Waals surface area contributed by atoms with E-state index in [0.29, 0.717) is 36.3 Å². The number of hydrogen-bond donors (Lipinski definition) is 2. The van der Waals surface area contributed by atoms with Gasteiger partial charge in [0.1, 0.15) is 11.9 Å². The predicted octanol–water partition coefficient (Wildman–Crippen LogP) is 2.65. The number of amides is 2. The first-order valence-electron chi connectivity index (χ1n) is 11.9. The van der Waals surface area contributed by atoms with Gasteiger partial charge in [-0.25, -0.2) is 12.8 Å². The van der Waals surface area contributed by atoms with Crippen molar-refractivity contribution in [3.63, 3.8) is 0 Å². The van der Waals surface area contributed by atoms with E-state index in [4.69, 9.17) is 27.9 Å². The summed E-state index contributed by atoms with van der Waals surface area (Å²) in [5.74, 6) is -2.16. The molecule has 37 heavy (non-hydrogen) atoms. The highest BCUT2D eigenvalue weighted by molar-refractivity contribution is 7.91. The zero-order chi connectivity index (χ0) is 26.6. The van der Waals surface area contributed by atoms with Crippen molar-refractivity contribution in [2.45, 2.75) is 24.4 Å². The van der Waals surface area contributed by atoms with Gasteiger partial charge in [0.05, 0.1) is 34.8 Å². The van der Waals surface area contributed by atoms with Gasteiger partial charge in [0.15, 0.2) is 9.84 Å². The topological polar surface area (TPSA) is 105 Å². The Balaban J connectivity index is 1.35. The van der Waals surface area contributed by atoms with Crippen molar-refractivity contribution in [3.8, 4) is 0 Å². The Hall–Kier alpha value is -2.24. The first kappa shape index (κ1) is 27.8. The minimum atomic E-state index is -3.72. The number of carbonyl (C=O) groups excluding carboxylic acids is 2. The molecule has 2 amide bonds. The van der Waals surface area contributed by atoms with Crippen LogP contribution in [0.5, 0.6) is 0 Å². The third-order valence-corrected chi connectivity index (χ3v) is 8.84. The smallest absolute Gasteiger partial charge is 0.251 e. The van der Waals surface area contributed by atoms with Crippen molar-refractivity contribution < 1.29 is 27.1 Å². The first-order valence-corrected chi connectivity index (χ1v) is 14.5. The molecule has 2 N–H and O–H groups in total. The highest BCUT2D eigenvalue weighted by atomic mass is 35.5. The maximum atomic E-state index is 13.2. The van der Waals surface area contributed by atoms with E-state index < -0.39 is 39.3 Å². The molecule has 0 bridgehead atoms. The molecule has 3 atom stereocenters. The van der Waals surface area contributed by atoms with Crippen molar-refractivity contribution >= 4 is 44.9 Å².